The number of carbonyl (C=O) groups excluding carboxylic acids is 1. The third-order valence-corrected chi connectivity index (χ3v) is 1.94. The second-order valence-corrected chi connectivity index (χ2v) is 2.71. The first-order valence-electron chi connectivity index (χ1n) is 3.15. The highest BCUT2D eigenvalue weighted by Gasteiger charge is 2.72. The van der Waals surface area contributed by atoms with Crippen LogP contribution >= 0.6 is 0 Å². The molecule has 0 heterocycles. The summed E-state index contributed by atoms with van der Waals surface area (Å²) in [5.74, 6) is -9.89. The lowest BCUT2D eigenvalue weighted by Gasteiger charge is -2.43. The Morgan fingerprint density at radius 1 is 1.42 bits per heavy atom. The van der Waals surface area contributed by atoms with Gasteiger partial charge >= 0.3 is 11.8 Å². The SMILES string of the molecule is C=C([C]=O)C1CC(F)(F)C1(F)F. The standard InChI is InChI=1S/C7H5F4O/c1-4(3-12)5-2-6(8,9)7(5,10)11/h5H,1-2H2. The number of allylic oxidation sites excluding steroid dienone is 1. The van der Waals surface area contributed by atoms with Gasteiger partial charge in [-0.2, -0.15) is 17.6 Å². The lowest BCUT2D eigenvalue weighted by atomic mass is 9.73. The van der Waals surface area contributed by atoms with Crippen molar-refractivity contribution in [2.24, 2.45) is 5.92 Å². The lowest BCUT2D eigenvalue weighted by Crippen LogP contribution is -2.59. The van der Waals surface area contributed by atoms with E-state index in [4.69, 9.17) is 0 Å². The summed E-state index contributed by atoms with van der Waals surface area (Å²) in [5.41, 5.74) is -0.592. The molecule has 0 saturated heterocycles. The molecule has 1 nitrogen and oxygen atoms in total. The molecule has 0 aromatic carbocycles. The van der Waals surface area contributed by atoms with Gasteiger partial charge in [0.2, 0.25) is 6.29 Å². The molecule has 1 aliphatic rings. The van der Waals surface area contributed by atoms with Crippen LogP contribution in [0.3, 0.4) is 0 Å². The fourth-order valence-electron chi connectivity index (χ4n) is 1.06. The van der Waals surface area contributed by atoms with Crippen LogP contribution in [0.5, 0.6) is 0 Å². The Morgan fingerprint density at radius 2 is 1.92 bits per heavy atom. The third-order valence-electron chi connectivity index (χ3n) is 1.94. The summed E-state index contributed by atoms with van der Waals surface area (Å²) < 4.78 is 49.1. The normalized spacial score (nSPS) is 30.5. The lowest BCUT2D eigenvalue weighted by molar-refractivity contribution is -0.302. The molecule has 1 saturated carbocycles. The van der Waals surface area contributed by atoms with Crippen LogP contribution in [-0.4, -0.2) is 18.1 Å². The fraction of sp³-hybridized carbons (Fsp3) is 0.571. The van der Waals surface area contributed by atoms with Crippen molar-refractivity contribution in [1.29, 1.82) is 0 Å². The molecule has 12 heavy (non-hydrogen) atoms. The summed E-state index contributed by atoms with van der Waals surface area (Å²) in [6.07, 6.45) is 0.0827. The smallest absolute Gasteiger partial charge is 0.285 e. The molecule has 0 aromatic rings. The van der Waals surface area contributed by atoms with Gasteiger partial charge in [-0.15, -0.1) is 0 Å². The van der Waals surface area contributed by atoms with Crippen LogP contribution in [0.1, 0.15) is 6.42 Å². The first-order valence-corrected chi connectivity index (χ1v) is 3.15. The van der Waals surface area contributed by atoms with Gasteiger partial charge in [-0.3, -0.25) is 4.79 Å². The average Bonchev–Trinajstić information content (AvgIpc) is 1.99. The molecule has 1 fully saturated rings. The van der Waals surface area contributed by atoms with Gasteiger partial charge in [-0.25, -0.2) is 0 Å². The predicted molar refractivity (Wildman–Crippen MR) is 32.8 cm³/mol. The van der Waals surface area contributed by atoms with E-state index >= 15 is 0 Å². The van der Waals surface area contributed by atoms with Gasteiger partial charge in [0.05, 0.1) is 5.92 Å². The van der Waals surface area contributed by atoms with Crippen LogP contribution in [0.15, 0.2) is 12.2 Å². The Hall–Kier alpha value is -0.870. The van der Waals surface area contributed by atoms with Crippen LogP contribution < -0.4 is 0 Å². The average molecular weight is 181 g/mol. The maximum Gasteiger partial charge on any atom is 0.317 e. The van der Waals surface area contributed by atoms with Gasteiger partial charge in [0.15, 0.2) is 0 Å². The van der Waals surface area contributed by atoms with E-state index in [9.17, 15) is 22.4 Å². The van der Waals surface area contributed by atoms with E-state index in [1.165, 1.54) is 0 Å². The van der Waals surface area contributed by atoms with Crippen LogP contribution in [-0.2, 0) is 4.79 Å². The number of hydrogen-bond acceptors (Lipinski definition) is 1. The van der Waals surface area contributed by atoms with Crippen molar-refractivity contribution in [3.63, 3.8) is 0 Å². The molecule has 0 spiro atoms. The molecule has 0 amide bonds. The molecule has 0 aromatic heterocycles. The van der Waals surface area contributed by atoms with E-state index < -0.39 is 29.8 Å². The number of halogens is 4. The highest BCUT2D eigenvalue weighted by molar-refractivity contribution is 5.74. The zero-order valence-electron chi connectivity index (χ0n) is 5.91. The summed E-state index contributed by atoms with van der Waals surface area (Å²) in [4.78, 5) is 9.84. The van der Waals surface area contributed by atoms with Crippen molar-refractivity contribution in [3.8, 4) is 0 Å². The topological polar surface area (TPSA) is 17.1 Å². The van der Waals surface area contributed by atoms with Crippen molar-refractivity contribution < 1.29 is 22.4 Å². The number of alkyl halides is 4. The summed E-state index contributed by atoms with van der Waals surface area (Å²) in [7, 11) is 0. The molecule has 0 bridgehead atoms. The molecule has 1 rings (SSSR count). The first-order chi connectivity index (χ1) is 5.33. The van der Waals surface area contributed by atoms with E-state index in [0.29, 0.717) is 0 Å². The molecule has 0 N–H and O–H groups in total. The molecule has 1 unspecified atom stereocenters. The van der Waals surface area contributed by atoms with E-state index in [0.717, 1.165) is 6.29 Å². The van der Waals surface area contributed by atoms with Gasteiger partial charge in [-0.05, 0) is 0 Å². The van der Waals surface area contributed by atoms with E-state index in [2.05, 4.69) is 6.58 Å². The molecule has 67 valence electrons. The van der Waals surface area contributed by atoms with Gasteiger partial charge in [0.1, 0.15) is 0 Å². The molecule has 1 atom stereocenters. The largest absolute Gasteiger partial charge is 0.317 e. The van der Waals surface area contributed by atoms with Gasteiger partial charge < -0.3 is 0 Å². The first kappa shape index (κ1) is 9.22. The second-order valence-electron chi connectivity index (χ2n) is 2.71. The summed E-state index contributed by atoms with van der Waals surface area (Å²) in [5, 5.41) is 0. The molecule has 5 heteroatoms. The summed E-state index contributed by atoms with van der Waals surface area (Å²) in [6.45, 7) is 2.92. The molecule has 0 aliphatic heterocycles. The van der Waals surface area contributed by atoms with E-state index in [1.54, 1.807) is 0 Å². The van der Waals surface area contributed by atoms with Crippen LogP contribution in [0, 0.1) is 5.92 Å². The monoisotopic (exact) mass is 181 g/mol. The Kier molecular flexibility index (Phi) is 1.77. The van der Waals surface area contributed by atoms with Crippen molar-refractivity contribution in [2.45, 2.75) is 18.3 Å². The Labute approximate surface area is 66.1 Å². The minimum absolute atomic E-state index is 0.592. The van der Waals surface area contributed by atoms with E-state index in [1.807, 2.05) is 0 Å². The van der Waals surface area contributed by atoms with Crippen molar-refractivity contribution >= 4 is 6.29 Å². The van der Waals surface area contributed by atoms with Gasteiger partial charge in [0.25, 0.3) is 0 Å². The van der Waals surface area contributed by atoms with Crippen molar-refractivity contribution in [1.82, 2.24) is 0 Å². The molecule has 1 radical (unpaired) electrons. The van der Waals surface area contributed by atoms with Gasteiger partial charge in [-0.1, -0.05) is 6.58 Å². The van der Waals surface area contributed by atoms with Crippen LogP contribution in [0.2, 0.25) is 0 Å². The quantitative estimate of drug-likeness (QED) is 0.470. The number of rotatable bonds is 2. The Balaban J connectivity index is 2.78. The minimum Gasteiger partial charge on any atom is -0.285 e. The second kappa shape index (κ2) is 2.31. The fourth-order valence-corrected chi connectivity index (χ4v) is 1.06. The maximum atomic E-state index is 12.4. The maximum absolute atomic E-state index is 12.4. The summed E-state index contributed by atoms with van der Waals surface area (Å²) >= 11 is 0. The summed E-state index contributed by atoms with van der Waals surface area (Å²) in [6, 6.07) is 0. The highest BCUT2D eigenvalue weighted by atomic mass is 19.3. The Bertz CT molecular complexity index is 234. The predicted octanol–water partition coefficient (Wildman–Crippen LogP) is 1.94. The van der Waals surface area contributed by atoms with Crippen LogP contribution in [0.25, 0.3) is 0 Å². The third kappa shape index (κ3) is 0.956. The Morgan fingerprint density at radius 3 is 2.17 bits per heavy atom. The zero-order valence-corrected chi connectivity index (χ0v) is 5.91. The zero-order chi connectivity index (χ0) is 9.57. The van der Waals surface area contributed by atoms with E-state index in [-0.39, 0.29) is 0 Å². The van der Waals surface area contributed by atoms with Gasteiger partial charge in [0, 0.05) is 12.0 Å². The molecule has 1 aliphatic carbocycles. The van der Waals surface area contributed by atoms with Crippen molar-refractivity contribution in [3.05, 3.63) is 12.2 Å². The minimum atomic E-state index is -4.14. The molecular formula is C7H5F4O. The number of hydrogen-bond donors (Lipinski definition) is 0. The van der Waals surface area contributed by atoms with Crippen LogP contribution in [0.4, 0.5) is 17.6 Å². The van der Waals surface area contributed by atoms with Crippen molar-refractivity contribution in [2.75, 3.05) is 0 Å². The highest BCUT2D eigenvalue weighted by Crippen LogP contribution is 2.57. The molecular weight excluding hydrogens is 176 g/mol.